The lowest BCUT2D eigenvalue weighted by Crippen LogP contribution is -2.43. The van der Waals surface area contributed by atoms with Gasteiger partial charge in [0.15, 0.2) is 0 Å². The Labute approximate surface area is 59.2 Å². The molecule has 0 spiro atoms. The molecular weight excluding hydrogens is 134 g/mol. The van der Waals surface area contributed by atoms with Crippen LogP contribution in [-0.4, -0.2) is 36.9 Å². The van der Waals surface area contributed by atoms with Crippen LogP contribution < -0.4 is 5.32 Å². The molecule has 4 heteroatoms. The molecule has 0 radical (unpaired) electrons. The summed E-state index contributed by atoms with van der Waals surface area (Å²) in [5.41, 5.74) is 0. The third-order valence-electron chi connectivity index (χ3n) is 1.43. The first-order chi connectivity index (χ1) is 4.83. The van der Waals surface area contributed by atoms with Crippen molar-refractivity contribution in [3.8, 4) is 0 Å². The van der Waals surface area contributed by atoms with Gasteiger partial charge in [0.25, 0.3) is 0 Å². The van der Waals surface area contributed by atoms with Crippen molar-refractivity contribution < 1.29 is 14.6 Å². The molecule has 1 aliphatic rings. The minimum Gasteiger partial charge on any atom is -0.396 e. The van der Waals surface area contributed by atoms with Gasteiger partial charge in [-0.2, -0.15) is 0 Å². The van der Waals surface area contributed by atoms with Gasteiger partial charge in [-0.25, -0.2) is 0 Å². The molecule has 1 aliphatic heterocycles. The smallest absolute Gasteiger partial charge is 0.246 e. The van der Waals surface area contributed by atoms with Gasteiger partial charge in [0, 0.05) is 13.2 Å². The van der Waals surface area contributed by atoms with Gasteiger partial charge in [0.05, 0.1) is 6.10 Å². The lowest BCUT2D eigenvalue weighted by molar-refractivity contribution is -0.133. The molecule has 0 aliphatic carbocycles. The van der Waals surface area contributed by atoms with E-state index in [0.717, 1.165) is 0 Å². The number of carbonyl (C=O) groups excluding carboxylic acids is 1. The monoisotopic (exact) mass is 145 g/mol. The number of hydrogen-bond acceptors (Lipinski definition) is 3. The molecule has 58 valence electrons. The highest BCUT2D eigenvalue weighted by atomic mass is 16.5. The molecule has 0 saturated carbocycles. The SMILES string of the molecule is O=C1COC(CCO)CN1. The van der Waals surface area contributed by atoms with E-state index < -0.39 is 0 Å². The number of aliphatic hydroxyl groups excluding tert-OH is 1. The number of rotatable bonds is 2. The average molecular weight is 145 g/mol. The first-order valence-electron chi connectivity index (χ1n) is 3.32. The maximum Gasteiger partial charge on any atom is 0.246 e. The van der Waals surface area contributed by atoms with Crippen LogP contribution in [0.3, 0.4) is 0 Å². The van der Waals surface area contributed by atoms with Crippen molar-refractivity contribution in [2.75, 3.05) is 19.8 Å². The van der Waals surface area contributed by atoms with Crippen molar-refractivity contribution >= 4 is 5.91 Å². The molecule has 0 aromatic heterocycles. The van der Waals surface area contributed by atoms with E-state index in [1.165, 1.54) is 0 Å². The number of aliphatic hydroxyl groups is 1. The van der Waals surface area contributed by atoms with Crippen molar-refractivity contribution in [2.45, 2.75) is 12.5 Å². The van der Waals surface area contributed by atoms with Crippen molar-refractivity contribution in [2.24, 2.45) is 0 Å². The predicted molar refractivity (Wildman–Crippen MR) is 34.5 cm³/mol. The fraction of sp³-hybridized carbons (Fsp3) is 0.833. The first kappa shape index (κ1) is 7.50. The van der Waals surface area contributed by atoms with E-state index in [2.05, 4.69) is 5.32 Å². The van der Waals surface area contributed by atoms with Gasteiger partial charge >= 0.3 is 0 Å². The van der Waals surface area contributed by atoms with Gasteiger partial charge in [0.2, 0.25) is 5.91 Å². The van der Waals surface area contributed by atoms with Crippen LogP contribution in [-0.2, 0) is 9.53 Å². The van der Waals surface area contributed by atoms with Gasteiger partial charge in [-0.15, -0.1) is 0 Å². The second kappa shape index (κ2) is 3.53. The second-order valence-corrected chi connectivity index (χ2v) is 2.25. The van der Waals surface area contributed by atoms with Gasteiger partial charge in [0.1, 0.15) is 6.61 Å². The summed E-state index contributed by atoms with van der Waals surface area (Å²) in [5, 5.41) is 11.1. The normalized spacial score (nSPS) is 26.1. The molecule has 1 heterocycles. The van der Waals surface area contributed by atoms with Gasteiger partial charge in [-0.1, -0.05) is 0 Å². The van der Waals surface area contributed by atoms with E-state index in [9.17, 15) is 4.79 Å². The highest BCUT2D eigenvalue weighted by molar-refractivity contribution is 5.77. The average Bonchev–Trinajstić information content (AvgIpc) is 1.95. The van der Waals surface area contributed by atoms with Crippen LogP contribution >= 0.6 is 0 Å². The summed E-state index contributed by atoms with van der Waals surface area (Å²) in [5.74, 6) is -0.0748. The van der Waals surface area contributed by atoms with E-state index in [0.29, 0.717) is 13.0 Å². The molecule has 1 amide bonds. The third kappa shape index (κ3) is 1.97. The fourth-order valence-electron chi connectivity index (χ4n) is 0.861. The third-order valence-corrected chi connectivity index (χ3v) is 1.43. The van der Waals surface area contributed by atoms with Gasteiger partial charge < -0.3 is 15.2 Å². The number of morpholine rings is 1. The summed E-state index contributed by atoms with van der Waals surface area (Å²) in [6.07, 6.45) is 0.600. The van der Waals surface area contributed by atoms with Crippen LogP contribution in [0.1, 0.15) is 6.42 Å². The van der Waals surface area contributed by atoms with Crippen molar-refractivity contribution in [3.05, 3.63) is 0 Å². The summed E-state index contributed by atoms with van der Waals surface area (Å²) >= 11 is 0. The summed E-state index contributed by atoms with van der Waals surface area (Å²) < 4.78 is 5.06. The molecule has 0 aromatic rings. The summed E-state index contributed by atoms with van der Waals surface area (Å²) in [4.78, 5) is 10.5. The standard InChI is InChI=1S/C6H11NO3/c8-2-1-5-3-7-6(9)4-10-5/h5,8H,1-4H2,(H,7,9). The molecule has 1 fully saturated rings. The largest absolute Gasteiger partial charge is 0.396 e. The molecule has 1 unspecified atom stereocenters. The van der Waals surface area contributed by atoms with Crippen molar-refractivity contribution in [1.82, 2.24) is 5.32 Å². The Bertz CT molecular complexity index is 116. The second-order valence-electron chi connectivity index (χ2n) is 2.25. The van der Waals surface area contributed by atoms with E-state index in [-0.39, 0.29) is 25.2 Å². The molecule has 0 aromatic carbocycles. The highest BCUT2D eigenvalue weighted by Gasteiger charge is 2.16. The van der Waals surface area contributed by atoms with Crippen molar-refractivity contribution in [1.29, 1.82) is 0 Å². The lowest BCUT2D eigenvalue weighted by Gasteiger charge is -2.21. The zero-order valence-electron chi connectivity index (χ0n) is 5.67. The van der Waals surface area contributed by atoms with Crippen molar-refractivity contribution in [3.63, 3.8) is 0 Å². The van der Waals surface area contributed by atoms with Crippen LogP contribution in [0.2, 0.25) is 0 Å². The van der Waals surface area contributed by atoms with E-state index in [1.807, 2.05) is 0 Å². The van der Waals surface area contributed by atoms with E-state index >= 15 is 0 Å². The summed E-state index contributed by atoms with van der Waals surface area (Å²) in [6, 6.07) is 0. The lowest BCUT2D eigenvalue weighted by atomic mass is 10.2. The number of nitrogens with one attached hydrogen (secondary N) is 1. The van der Waals surface area contributed by atoms with Crippen LogP contribution in [0.15, 0.2) is 0 Å². The Hall–Kier alpha value is -0.610. The molecule has 1 atom stereocenters. The Kier molecular flexibility index (Phi) is 2.65. The Morgan fingerprint density at radius 2 is 2.60 bits per heavy atom. The van der Waals surface area contributed by atoms with E-state index in [4.69, 9.17) is 9.84 Å². The molecule has 0 bridgehead atoms. The minimum atomic E-state index is -0.0748. The van der Waals surface area contributed by atoms with Crippen LogP contribution in [0.4, 0.5) is 0 Å². The Morgan fingerprint density at radius 1 is 1.80 bits per heavy atom. The molecular formula is C6H11NO3. The zero-order chi connectivity index (χ0) is 7.40. The van der Waals surface area contributed by atoms with Crippen LogP contribution in [0, 0.1) is 0 Å². The number of amides is 1. The number of hydrogen-bond donors (Lipinski definition) is 2. The molecule has 1 saturated heterocycles. The maximum atomic E-state index is 10.5. The van der Waals surface area contributed by atoms with Crippen LogP contribution in [0.5, 0.6) is 0 Å². The topological polar surface area (TPSA) is 58.6 Å². The molecule has 1 rings (SSSR count). The van der Waals surface area contributed by atoms with Gasteiger partial charge in [-0.05, 0) is 6.42 Å². The van der Waals surface area contributed by atoms with Crippen LogP contribution in [0.25, 0.3) is 0 Å². The highest BCUT2D eigenvalue weighted by Crippen LogP contribution is 1.99. The molecule has 2 N–H and O–H groups in total. The predicted octanol–water partition coefficient (Wildman–Crippen LogP) is -1.12. The zero-order valence-corrected chi connectivity index (χ0v) is 5.67. The van der Waals surface area contributed by atoms with Gasteiger partial charge in [-0.3, -0.25) is 4.79 Å². The quantitative estimate of drug-likeness (QED) is 0.517. The van der Waals surface area contributed by atoms with E-state index in [1.54, 1.807) is 0 Å². The minimum absolute atomic E-state index is 0.00250. The Balaban J connectivity index is 2.19. The fourth-order valence-corrected chi connectivity index (χ4v) is 0.861. The summed E-state index contributed by atoms with van der Waals surface area (Å²) in [6.45, 7) is 0.768. The molecule has 4 nitrogen and oxygen atoms in total. The Morgan fingerprint density at radius 3 is 3.10 bits per heavy atom. The number of ether oxygens (including phenoxy) is 1. The molecule has 10 heavy (non-hydrogen) atoms. The first-order valence-corrected chi connectivity index (χ1v) is 3.32. The maximum absolute atomic E-state index is 10.5. The number of carbonyl (C=O) groups is 1. The summed E-state index contributed by atoms with van der Waals surface area (Å²) in [7, 11) is 0.